The van der Waals surface area contributed by atoms with E-state index >= 15 is 0 Å². The van der Waals surface area contributed by atoms with Gasteiger partial charge in [0.05, 0.1) is 6.10 Å². The summed E-state index contributed by atoms with van der Waals surface area (Å²) in [4.78, 5) is 13.1. The Morgan fingerprint density at radius 3 is 2.69 bits per heavy atom. The molecule has 1 N–H and O–H groups in total. The number of hydrogen-bond donors (Lipinski definition) is 1. The molecule has 0 spiro atoms. The van der Waals surface area contributed by atoms with Crippen LogP contribution in [0.25, 0.3) is 0 Å². The highest BCUT2D eigenvalue weighted by molar-refractivity contribution is 5.81. The fourth-order valence-electron chi connectivity index (χ4n) is 1.44. The van der Waals surface area contributed by atoms with Gasteiger partial charge in [0.2, 0.25) is 0 Å². The van der Waals surface area contributed by atoms with E-state index in [1.54, 1.807) is 19.9 Å². The van der Waals surface area contributed by atoms with Crippen LogP contribution in [0.15, 0.2) is 12.2 Å². The first-order valence-corrected chi connectivity index (χ1v) is 5.80. The number of aliphatic hydroxyl groups is 1. The number of allylic oxidation sites excluding steroid dienone is 1. The van der Waals surface area contributed by atoms with Crippen LogP contribution in [0.4, 0.5) is 0 Å². The van der Waals surface area contributed by atoms with Crippen LogP contribution in [0.1, 0.15) is 27.2 Å². The van der Waals surface area contributed by atoms with Crippen LogP contribution >= 0.6 is 0 Å². The quantitative estimate of drug-likeness (QED) is 0.502. The maximum absolute atomic E-state index is 11.0. The van der Waals surface area contributed by atoms with Gasteiger partial charge in [0.1, 0.15) is 6.61 Å². The zero-order valence-corrected chi connectivity index (χ0v) is 10.5. The molecule has 0 rings (SSSR count). The summed E-state index contributed by atoms with van der Waals surface area (Å²) in [6.45, 7) is 8.19. The molecule has 1 atom stereocenters. The van der Waals surface area contributed by atoms with E-state index in [-0.39, 0.29) is 12.1 Å². The van der Waals surface area contributed by atoms with E-state index in [1.165, 1.54) is 6.08 Å². The van der Waals surface area contributed by atoms with E-state index in [4.69, 9.17) is 4.74 Å². The van der Waals surface area contributed by atoms with Gasteiger partial charge in [0.25, 0.3) is 0 Å². The van der Waals surface area contributed by atoms with Gasteiger partial charge >= 0.3 is 5.97 Å². The van der Waals surface area contributed by atoms with Gasteiger partial charge in [-0.3, -0.25) is 4.90 Å². The zero-order chi connectivity index (χ0) is 12.4. The molecule has 0 aliphatic rings. The molecule has 0 amide bonds. The number of esters is 1. The summed E-state index contributed by atoms with van der Waals surface area (Å²) in [5, 5.41) is 9.28. The van der Waals surface area contributed by atoms with Crippen molar-refractivity contribution in [3.05, 3.63) is 12.2 Å². The highest BCUT2D eigenvalue weighted by atomic mass is 16.5. The van der Waals surface area contributed by atoms with Crippen molar-refractivity contribution in [2.75, 3.05) is 26.2 Å². The Morgan fingerprint density at radius 1 is 1.50 bits per heavy atom. The van der Waals surface area contributed by atoms with Gasteiger partial charge in [-0.05, 0) is 26.8 Å². The number of carbonyl (C=O) groups is 1. The standard InChI is InChI=1S/C12H23NO3/c1-4-6-12(15)16-9-8-13(7-5-2)10-11(3)14/h4,6,11,14H,5,7-10H2,1-3H3/b6-4+. The summed E-state index contributed by atoms with van der Waals surface area (Å²) in [6, 6.07) is 0. The fourth-order valence-corrected chi connectivity index (χ4v) is 1.44. The molecule has 0 aromatic carbocycles. The molecule has 1 unspecified atom stereocenters. The number of nitrogens with zero attached hydrogens (tertiary/aromatic N) is 1. The minimum atomic E-state index is -0.349. The van der Waals surface area contributed by atoms with Crippen molar-refractivity contribution < 1.29 is 14.6 Å². The first-order valence-electron chi connectivity index (χ1n) is 5.80. The third-order valence-electron chi connectivity index (χ3n) is 2.02. The summed E-state index contributed by atoms with van der Waals surface area (Å²) in [7, 11) is 0. The molecule has 0 saturated heterocycles. The number of carbonyl (C=O) groups excluding carboxylic acids is 1. The summed E-state index contributed by atoms with van der Waals surface area (Å²) < 4.78 is 4.99. The predicted octanol–water partition coefficient (Wildman–Crippen LogP) is 1.20. The van der Waals surface area contributed by atoms with Crippen molar-refractivity contribution in [2.45, 2.75) is 33.3 Å². The van der Waals surface area contributed by atoms with Gasteiger partial charge in [-0.25, -0.2) is 4.79 Å². The van der Waals surface area contributed by atoms with Crippen LogP contribution in [0.5, 0.6) is 0 Å². The molecule has 0 aromatic rings. The Balaban J connectivity index is 3.79. The fraction of sp³-hybridized carbons (Fsp3) is 0.750. The molecule has 0 fully saturated rings. The topological polar surface area (TPSA) is 49.8 Å². The summed E-state index contributed by atoms with van der Waals surface area (Å²) in [5.41, 5.74) is 0. The summed E-state index contributed by atoms with van der Waals surface area (Å²) >= 11 is 0. The first-order chi connectivity index (χ1) is 7.60. The second-order valence-electron chi connectivity index (χ2n) is 3.82. The van der Waals surface area contributed by atoms with E-state index in [0.717, 1.165) is 13.0 Å². The Hall–Kier alpha value is -0.870. The zero-order valence-electron chi connectivity index (χ0n) is 10.5. The van der Waals surface area contributed by atoms with Crippen LogP contribution < -0.4 is 0 Å². The normalized spacial score (nSPS) is 13.3. The van der Waals surface area contributed by atoms with Crippen molar-refractivity contribution in [1.29, 1.82) is 0 Å². The summed E-state index contributed by atoms with van der Waals surface area (Å²) in [6.07, 6.45) is 3.73. The van der Waals surface area contributed by atoms with E-state index in [2.05, 4.69) is 11.8 Å². The smallest absolute Gasteiger partial charge is 0.330 e. The molecule has 4 nitrogen and oxygen atoms in total. The second-order valence-corrected chi connectivity index (χ2v) is 3.82. The molecule has 0 aromatic heterocycles. The van der Waals surface area contributed by atoms with Crippen LogP contribution in [0, 0.1) is 0 Å². The van der Waals surface area contributed by atoms with E-state index < -0.39 is 0 Å². The Bertz CT molecular complexity index is 214. The highest BCUT2D eigenvalue weighted by Crippen LogP contribution is 1.95. The molecule has 0 saturated carbocycles. The third kappa shape index (κ3) is 8.44. The van der Waals surface area contributed by atoms with Crippen LogP contribution in [0.3, 0.4) is 0 Å². The predicted molar refractivity (Wildman–Crippen MR) is 64.2 cm³/mol. The molecule has 0 radical (unpaired) electrons. The van der Waals surface area contributed by atoms with E-state index in [1.807, 2.05) is 0 Å². The number of ether oxygens (including phenoxy) is 1. The molecule has 16 heavy (non-hydrogen) atoms. The van der Waals surface area contributed by atoms with Crippen LogP contribution in [0.2, 0.25) is 0 Å². The minimum absolute atomic E-state index is 0.309. The van der Waals surface area contributed by atoms with Crippen LogP contribution in [-0.2, 0) is 9.53 Å². The van der Waals surface area contributed by atoms with Gasteiger partial charge in [-0.2, -0.15) is 0 Å². The number of hydrogen-bond acceptors (Lipinski definition) is 4. The Kier molecular flexibility index (Phi) is 8.85. The summed E-state index contributed by atoms with van der Waals surface area (Å²) in [5.74, 6) is -0.309. The molecular formula is C12H23NO3. The monoisotopic (exact) mass is 229 g/mol. The lowest BCUT2D eigenvalue weighted by Gasteiger charge is -2.22. The maximum atomic E-state index is 11.0. The average Bonchev–Trinajstić information content (AvgIpc) is 2.17. The lowest BCUT2D eigenvalue weighted by atomic mass is 10.3. The third-order valence-corrected chi connectivity index (χ3v) is 2.02. The highest BCUT2D eigenvalue weighted by Gasteiger charge is 2.07. The van der Waals surface area contributed by atoms with Crippen molar-refractivity contribution in [3.63, 3.8) is 0 Å². The van der Waals surface area contributed by atoms with Crippen molar-refractivity contribution in [2.24, 2.45) is 0 Å². The van der Waals surface area contributed by atoms with Gasteiger partial charge < -0.3 is 9.84 Å². The number of rotatable bonds is 8. The van der Waals surface area contributed by atoms with Gasteiger partial charge in [0.15, 0.2) is 0 Å². The van der Waals surface area contributed by atoms with Crippen molar-refractivity contribution in [1.82, 2.24) is 4.90 Å². The maximum Gasteiger partial charge on any atom is 0.330 e. The van der Waals surface area contributed by atoms with Crippen LogP contribution in [-0.4, -0.2) is 48.3 Å². The Morgan fingerprint density at radius 2 is 2.19 bits per heavy atom. The van der Waals surface area contributed by atoms with Gasteiger partial charge in [0, 0.05) is 19.2 Å². The lowest BCUT2D eigenvalue weighted by Crippen LogP contribution is -2.34. The minimum Gasteiger partial charge on any atom is -0.461 e. The molecule has 0 heterocycles. The second kappa shape index (κ2) is 9.36. The molecule has 0 aliphatic carbocycles. The van der Waals surface area contributed by atoms with Gasteiger partial charge in [-0.1, -0.05) is 13.0 Å². The first kappa shape index (κ1) is 15.1. The lowest BCUT2D eigenvalue weighted by molar-refractivity contribution is -0.138. The molecule has 4 heteroatoms. The van der Waals surface area contributed by atoms with E-state index in [0.29, 0.717) is 19.7 Å². The molecular weight excluding hydrogens is 206 g/mol. The molecule has 0 bridgehead atoms. The van der Waals surface area contributed by atoms with Crippen molar-refractivity contribution >= 4 is 5.97 Å². The number of aliphatic hydroxyl groups excluding tert-OH is 1. The Labute approximate surface area is 97.9 Å². The molecule has 0 aliphatic heterocycles. The van der Waals surface area contributed by atoms with Gasteiger partial charge in [-0.15, -0.1) is 0 Å². The SMILES string of the molecule is C/C=C/C(=O)OCCN(CCC)CC(C)O. The van der Waals surface area contributed by atoms with Crippen molar-refractivity contribution in [3.8, 4) is 0 Å². The van der Waals surface area contributed by atoms with E-state index in [9.17, 15) is 9.90 Å². The largest absolute Gasteiger partial charge is 0.461 e. The average molecular weight is 229 g/mol. The molecule has 94 valence electrons.